The third-order valence-electron chi connectivity index (χ3n) is 5.26. The van der Waals surface area contributed by atoms with Gasteiger partial charge in [0.15, 0.2) is 6.10 Å². The molecule has 0 aliphatic rings. The lowest BCUT2D eigenvalue weighted by Crippen LogP contribution is -2.49. The average molecular weight is 423 g/mol. The Labute approximate surface area is 179 Å². The lowest BCUT2D eigenvalue weighted by Gasteiger charge is -2.22. The Morgan fingerprint density at radius 3 is 2.45 bits per heavy atom. The monoisotopic (exact) mass is 423 g/mol. The minimum absolute atomic E-state index is 0.222. The number of aliphatic carboxylic acids is 1. The van der Waals surface area contributed by atoms with Crippen LogP contribution in [0.3, 0.4) is 0 Å². The molecule has 2 aromatic carbocycles. The van der Waals surface area contributed by atoms with Gasteiger partial charge in [0.1, 0.15) is 17.4 Å². The minimum Gasteiger partial charge on any atom is -0.481 e. The predicted molar refractivity (Wildman–Crippen MR) is 117 cm³/mol. The molecule has 3 aromatic rings. The maximum Gasteiger partial charge on any atom is 0.336 e. The molecule has 1 amide bonds. The number of amides is 1. The first kappa shape index (κ1) is 22.1. The zero-order valence-corrected chi connectivity index (χ0v) is 17.6. The Morgan fingerprint density at radius 2 is 1.81 bits per heavy atom. The Hall–Kier alpha value is -3.61. The largest absolute Gasteiger partial charge is 0.481 e. The van der Waals surface area contributed by atoms with Crippen LogP contribution >= 0.6 is 0 Å². The average Bonchev–Trinajstić information content (AvgIpc) is 2.76. The molecule has 0 unspecified atom stereocenters. The molecule has 0 bridgehead atoms. The van der Waals surface area contributed by atoms with E-state index in [9.17, 15) is 19.5 Å². The molecule has 0 fully saturated rings. The van der Waals surface area contributed by atoms with Gasteiger partial charge in [-0.05, 0) is 36.1 Å². The standard InChI is InChI=1S/C24H25NO6/c1-4-14(2)22(24(28)29)25-23(27)15(3)30-17-10-11-18-19(16-8-6-5-7-9-16)13-21(26)31-20(18)12-17/h5-15,22H,4H2,1-3H3,(H,25,27)(H,28,29)/t14-,15-,22-/m1/s1. The van der Waals surface area contributed by atoms with Gasteiger partial charge >= 0.3 is 11.6 Å². The maximum absolute atomic E-state index is 12.5. The van der Waals surface area contributed by atoms with Crippen molar-refractivity contribution in [1.29, 1.82) is 0 Å². The fourth-order valence-electron chi connectivity index (χ4n) is 3.28. The van der Waals surface area contributed by atoms with E-state index >= 15 is 0 Å². The Kier molecular flexibility index (Phi) is 6.74. The van der Waals surface area contributed by atoms with E-state index in [1.807, 2.05) is 37.3 Å². The number of ether oxygens (including phenoxy) is 1. The number of carboxylic acids is 1. The minimum atomic E-state index is -1.09. The normalized spacial score (nSPS) is 13.9. The number of benzene rings is 2. The molecule has 31 heavy (non-hydrogen) atoms. The Bertz CT molecular complexity index is 1140. The van der Waals surface area contributed by atoms with Gasteiger partial charge in [-0.25, -0.2) is 9.59 Å². The van der Waals surface area contributed by atoms with Crippen molar-refractivity contribution < 1.29 is 23.8 Å². The van der Waals surface area contributed by atoms with Crippen molar-refractivity contribution in [3.63, 3.8) is 0 Å². The number of carboxylic acid groups (broad SMARTS) is 1. The lowest BCUT2D eigenvalue weighted by atomic mass is 9.99. The Morgan fingerprint density at radius 1 is 1.10 bits per heavy atom. The molecule has 3 rings (SSSR count). The fourth-order valence-corrected chi connectivity index (χ4v) is 3.28. The van der Waals surface area contributed by atoms with E-state index in [0.29, 0.717) is 17.8 Å². The van der Waals surface area contributed by atoms with Gasteiger partial charge in [-0.15, -0.1) is 0 Å². The summed E-state index contributed by atoms with van der Waals surface area (Å²) in [5.74, 6) is -1.51. The zero-order chi connectivity index (χ0) is 22.5. The molecule has 0 spiro atoms. The highest BCUT2D eigenvalue weighted by atomic mass is 16.5. The first-order valence-electron chi connectivity index (χ1n) is 10.1. The van der Waals surface area contributed by atoms with Crippen LogP contribution in [0.4, 0.5) is 0 Å². The van der Waals surface area contributed by atoms with Crippen LogP contribution < -0.4 is 15.7 Å². The maximum atomic E-state index is 12.5. The number of carbonyl (C=O) groups is 2. The van der Waals surface area contributed by atoms with Crippen molar-refractivity contribution in [2.75, 3.05) is 0 Å². The van der Waals surface area contributed by atoms with Gasteiger partial charge in [0, 0.05) is 17.5 Å². The summed E-state index contributed by atoms with van der Waals surface area (Å²) >= 11 is 0. The molecule has 3 atom stereocenters. The fraction of sp³-hybridized carbons (Fsp3) is 0.292. The highest BCUT2D eigenvalue weighted by molar-refractivity contribution is 5.94. The van der Waals surface area contributed by atoms with E-state index in [-0.39, 0.29) is 5.92 Å². The third-order valence-corrected chi connectivity index (χ3v) is 5.26. The highest BCUT2D eigenvalue weighted by Crippen LogP contribution is 2.29. The summed E-state index contributed by atoms with van der Waals surface area (Å²) in [5, 5.41) is 12.6. The second kappa shape index (κ2) is 9.47. The van der Waals surface area contributed by atoms with Gasteiger partial charge in [0.05, 0.1) is 0 Å². The van der Waals surface area contributed by atoms with E-state index in [1.54, 1.807) is 25.1 Å². The summed E-state index contributed by atoms with van der Waals surface area (Å²) in [7, 11) is 0. The molecule has 0 aliphatic carbocycles. The van der Waals surface area contributed by atoms with Crippen LogP contribution in [0.5, 0.6) is 5.75 Å². The number of rotatable bonds is 8. The van der Waals surface area contributed by atoms with Crippen LogP contribution in [0.25, 0.3) is 22.1 Å². The van der Waals surface area contributed by atoms with E-state index in [1.165, 1.54) is 13.0 Å². The second-order valence-corrected chi connectivity index (χ2v) is 7.47. The number of hydrogen-bond donors (Lipinski definition) is 2. The molecule has 0 saturated heterocycles. The van der Waals surface area contributed by atoms with Crippen LogP contribution in [0, 0.1) is 5.92 Å². The molecule has 7 heteroatoms. The van der Waals surface area contributed by atoms with Crippen molar-refractivity contribution in [3.05, 3.63) is 65.0 Å². The smallest absolute Gasteiger partial charge is 0.336 e. The number of hydrogen-bond acceptors (Lipinski definition) is 5. The first-order valence-corrected chi connectivity index (χ1v) is 10.1. The molecule has 0 aliphatic heterocycles. The summed E-state index contributed by atoms with van der Waals surface area (Å²) in [6.45, 7) is 5.16. The van der Waals surface area contributed by atoms with Crippen molar-refractivity contribution in [2.45, 2.75) is 39.3 Å². The van der Waals surface area contributed by atoms with Crippen LogP contribution in [0.1, 0.15) is 27.2 Å². The van der Waals surface area contributed by atoms with Crippen LogP contribution in [0.2, 0.25) is 0 Å². The van der Waals surface area contributed by atoms with Gasteiger partial charge in [0.25, 0.3) is 5.91 Å². The third kappa shape index (κ3) is 5.12. The van der Waals surface area contributed by atoms with Crippen molar-refractivity contribution >= 4 is 22.8 Å². The van der Waals surface area contributed by atoms with E-state index in [2.05, 4.69) is 5.32 Å². The van der Waals surface area contributed by atoms with E-state index < -0.39 is 29.6 Å². The Balaban J connectivity index is 1.83. The summed E-state index contributed by atoms with van der Waals surface area (Å²) < 4.78 is 11.0. The molecule has 0 saturated carbocycles. The summed E-state index contributed by atoms with van der Waals surface area (Å²) in [5.41, 5.74) is 1.46. The number of carbonyl (C=O) groups excluding carboxylic acids is 1. The second-order valence-electron chi connectivity index (χ2n) is 7.47. The molecule has 2 N–H and O–H groups in total. The molecule has 7 nitrogen and oxygen atoms in total. The van der Waals surface area contributed by atoms with E-state index in [0.717, 1.165) is 16.5 Å². The number of fused-ring (bicyclic) bond motifs is 1. The van der Waals surface area contributed by atoms with Crippen molar-refractivity contribution in [3.8, 4) is 16.9 Å². The quantitative estimate of drug-likeness (QED) is 0.533. The molecule has 0 radical (unpaired) electrons. The van der Waals surface area contributed by atoms with E-state index in [4.69, 9.17) is 9.15 Å². The molecule has 162 valence electrons. The van der Waals surface area contributed by atoms with Gasteiger partial charge in [-0.3, -0.25) is 4.79 Å². The molecular weight excluding hydrogens is 398 g/mol. The number of nitrogens with one attached hydrogen (secondary N) is 1. The molecule has 1 heterocycles. The van der Waals surface area contributed by atoms with Crippen molar-refractivity contribution in [2.24, 2.45) is 5.92 Å². The van der Waals surface area contributed by atoms with Gasteiger partial charge in [0.2, 0.25) is 0 Å². The van der Waals surface area contributed by atoms with Crippen molar-refractivity contribution in [1.82, 2.24) is 5.32 Å². The SMILES string of the molecule is CC[C@@H](C)[C@@H](NC(=O)[C@@H](C)Oc1ccc2c(-c3ccccc3)cc(=O)oc2c1)C(=O)O. The highest BCUT2D eigenvalue weighted by Gasteiger charge is 2.28. The first-order chi connectivity index (χ1) is 14.8. The lowest BCUT2D eigenvalue weighted by molar-refractivity contribution is -0.144. The van der Waals surface area contributed by atoms with Crippen LogP contribution in [-0.2, 0) is 9.59 Å². The molecule has 1 aromatic heterocycles. The summed E-state index contributed by atoms with van der Waals surface area (Å²) in [4.78, 5) is 36.0. The van der Waals surface area contributed by atoms with Gasteiger partial charge in [-0.2, -0.15) is 0 Å². The van der Waals surface area contributed by atoms with Gasteiger partial charge < -0.3 is 19.6 Å². The molecular formula is C24H25NO6. The summed E-state index contributed by atoms with van der Waals surface area (Å²) in [6.07, 6.45) is -0.327. The van der Waals surface area contributed by atoms with Gasteiger partial charge in [-0.1, -0.05) is 50.6 Å². The predicted octanol–water partition coefficient (Wildman–Crippen LogP) is 3.84. The summed E-state index contributed by atoms with van der Waals surface area (Å²) in [6, 6.07) is 14.9. The zero-order valence-electron chi connectivity index (χ0n) is 17.6. The topological polar surface area (TPSA) is 106 Å². The van der Waals surface area contributed by atoms with Crippen LogP contribution in [0.15, 0.2) is 63.8 Å². The van der Waals surface area contributed by atoms with Crippen LogP contribution in [-0.4, -0.2) is 29.1 Å².